The summed E-state index contributed by atoms with van der Waals surface area (Å²) >= 11 is 0. The van der Waals surface area contributed by atoms with Crippen LogP contribution in [0.2, 0.25) is 0 Å². The lowest BCUT2D eigenvalue weighted by Crippen LogP contribution is -2.41. The molecule has 6 heteroatoms. The molecule has 140 valence electrons. The van der Waals surface area contributed by atoms with Gasteiger partial charge in [-0.3, -0.25) is 9.78 Å². The summed E-state index contributed by atoms with van der Waals surface area (Å²) < 4.78 is 5.23. The number of aryl methyl sites for hydroxylation is 1. The fourth-order valence-electron chi connectivity index (χ4n) is 3.63. The number of hydrogen-bond donors (Lipinski definition) is 2. The Hall–Kier alpha value is -2.73. The lowest BCUT2D eigenvalue weighted by atomic mass is 9.75. The molecule has 3 aromatic rings. The first-order valence-electron chi connectivity index (χ1n) is 9.43. The molecule has 1 aliphatic carbocycles. The number of para-hydroxylation sites is 1. The first-order valence-corrected chi connectivity index (χ1v) is 9.43. The average Bonchev–Trinajstić information content (AvgIpc) is 3.12. The van der Waals surface area contributed by atoms with E-state index >= 15 is 0 Å². The number of fused-ring (bicyclic) bond motifs is 1. The van der Waals surface area contributed by atoms with Crippen LogP contribution >= 0.6 is 0 Å². The van der Waals surface area contributed by atoms with Crippen LogP contribution in [0.1, 0.15) is 54.0 Å². The highest BCUT2D eigenvalue weighted by molar-refractivity contribution is 5.92. The summed E-state index contributed by atoms with van der Waals surface area (Å²) in [6, 6.07) is 11.4. The van der Waals surface area contributed by atoms with Crippen molar-refractivity contribution in [1.82, 2.24) is 15.5 Å². The Bertz CT molecular complexity index is 947. The minimum absolute atomic E-state index is 0.175. The number of amides is 1. The van der Waals surface area contributed by atoms with Crippen molar-refractivity contribution < 1.29 is 14.4 Å². The number of pyridine rings is 1. The van der Waals surface area contributed by atoms with Crippen LogP contribution in [0.3, 0.4) is 0 Å². The molecule has 1 amide bonds. The third kappa shape index (κ3) is 3.71. The van der Waals surface area contributed by atoms with Crippen molar-refractivity contribution >= 4 is 16.8 Å². The lowest BCUT2D eigenvalue weighted by molar-refractivity contribution is 0.0234. The lowest BCUT2D eigenvalue weighted by Gasteiger charge is -2.38. The van der Waals surface area contributed by atoms with Crippen LogP contribution in [0, 0.1) is 5.92 Å². The summed E-state index contributed by atoms with van der Waals surface area (Å²) in [5.41, 5.74) is 2.15. The molecule has 0 aliphatic heterocycles. The summed E-state index contributed by atoms with van der Waals surface area (Å²) in [5.74, 6) is 0.625. The Morgan fingerprint density at radius 3 is 2.93 bits per heavy atom. The van der Waals surface area contributed by atoms with Gasteiger partial charge in [-0.1, -0.05) is 30.3 Å². The normalized spacial score (nSPS) is 20.2. The number of aliphatic hydroxyl groups excluding tert-OH is 1. The standard InChI is InChI=1S/C21H23N3O3/c1-2-5-17-11-19(24-27-17)21(26)23-20(14-9-16(25)10-14)15-8-13-6-3-4-7-18(13)22-12-15/h3-4,6-8,11-12,14,16,20,25H,2,5,9-10H2,1H3,(H,23,26). The molecule has 6 nitrogen and oxygen atoms in total. The van der Waals surface area contributed by atoms with E-state index in [2.05, 4.69) is 21.5 Å². The summed E-state index contributed by atoms with van der Waals surface area (Å²) in [6.45, 7) is 2.05. The number of carbonyl (C=O) groups excluding carboxylic acids is 1. The van der Waals surface area contributed by atoms with Gasteiger partial charge in [-0.2, -0.15) is 0 Å². The van der Waals surface area contributed by atoms with E-state index in [-0.39, 0.29) is 29.7 Å². The fraction of sp³-hybridized carbons (Fsp3) is 0.381. The Morgan fingerprint density at radius 2 is 2.15 bits per heavy atom. The zero-order valence-corrected chi connectivity index (χ0v) is 15.3. The van der Waals surface area contributed by atoms with E-state index in [1.165, 1.54) is 0 Å². The first kappa shape index (κ1) is 17.7. The molecule has 2 heterocycles. The maximum Gasteiger partial charge on any atom is 0.273 e. The van der Waals surface area contributed by atoms with E-state index in [1.807, 2.05) is 37.4 Å². The molecule has 1 unspecified atom stereocenters. The molecule has 27 heavy (non-hydrogen) atoms. The second kappa shape index (κ2) is 7.48. The van der Waals surface area contributed by atoms with Gasteiger partial charge in [-0.05, 0) is 42.9 Å². The molecule has 0 saturated heterocycles. The van der Waals surface area contributed by atoms with E-state index in [9.17, 15) is 9.90 Å². The Kier molecular flexibility index (Phi) is 4.90. The van der Waals surface area contributed by atoms with Crippen molar-refractivity contribution in [3.05, 3.63) is 59.6 Å². The van der Waals surface area contributed by atoms with Crippen molar-refractivity contribution in [2.45, 2.75) is 44.8 Å². The monoisotopic (exact) mass is 365 g/mol. The van der Waals surface area contributed by atoms with Gasteiger partial charge in [-0.15, -0.1) is 0 Å². The van der Waals surface area contributed by atoms with Crippen LogP contribution in [-0.4, -0.2) is 27.3 Å². The van der Waals surface area contributed by atoms with E-state index in [1.54, 1.807) is 6.07 Å². The van der Waals surface area contributed by atoms with Crippen molar-refractivity contribution in [3.8, 4) is 0 Å². The van der Waals surface area contributed by atoms with Gasteiger partial charge in [-0.25, -0.2) is 0 Å². The first-order chi connectivity index (χ1) is 13.1. The zero-order valence-electron chi connectivity index (χ0n) is 15.3. The van der Waals surface area contributed by atoms with Gasteiger partial charge in [0.05, 0.1) is 17.7 Å². The van der Waals surface area contributed by atoms with Gasteiger partial charge in [0.25, 0.3) is 5.91 Å². The largest absolute Gasteiger partial charge is 0.393 e. The number of aliphatic hydroxyl groups is 1. The molecule has 1 atom stereocenters. The molecule has 0 radical (unpaired) electrons. The predicted octanol–water partition coefficient (Wildman–Crippen LogP) is 3.42. The molecule has 2 N–H and O–H groups in total. The number of nitrogens with zero attached hydrogens (tertiary/aromatic N) is 2. The van der Waals surface area contributed by atoms with Crippen LogP contribution in [0.5, 0.6) is 0 Å². The molecule has 2 aromatic heterocycles. The van der Waals surface area contributed by atoms with Gasteiger partial charge in [0.1, 0.15) is 5.76 Å². The zero-order chi connectivity index (χ0) is 18.8. The fourth-order valence-corrected chi connectivity index (χ4v) is 3.63. The minimum Gasteiger partial charge on any atom is -0.393 e. The Morgan fingerprint density at radius 1 is 1.33 bits per heavy atom. The molecule has 1 aliphatic rings. The van der Waals surface area contributed by atoms with Crippen LogP contribution in [0.4, 0.5) is 0 Å². The number of hydrogen-bond acceptors (Lipinski definition) is 5. The molecule has 1 saturated carbocycles. The van der Waals surface area contributed by atoms with Crippen molar-refractivity contribution in [2.75, 3.05) is 0 Å². The van der Waals surface area contributed by atoms with Crippen molar-refractivity contribution in [3.63, 3.8) is 0 Å². The van der Waals surface area contributed by atoms with Crippen molar-refractivity contribution in [2.24, 2.45) is 5.92 Å². The SMILES string of the molecule is CCCc1cc(C(=O)NC(c2cnc3ccccc3c2)C2CC(O)C2)no1. The summed E-state index contributed by atoms with van der Waals surface area (Å²) in [7, 11) is 0. The molecular weight excluding hydrogens is 342 g/mol. The highest BCUT2D eigenvalue weighted by atomic mass is 16.5. The van der Waals surface area contributed by atoms with Gasteiger partial charge in [0.2, 0.25) is 0 Å². The van der Waals surface area contributed by atoms with E-state index < -0.39 is 0 Å². The third-order valence-electron chi connectivity index (χ3n) is 5.17. The second-order valence-electron chi connectivity index (χ2n) is 7.23. The highest BCUT2D eigenvalue weighted by Gasteiger charge is 2.36. The van der Waals surface area contributed by atoms with Crippen LogP contribution in [0.15, 0.2) is 47.1 Å². The molecule has 0 bridgehead atoms. The van der Waals surface area contributed by atoms with Gasteiger partial charge < -0.3 is 14.9 Å². The molecule has 1 aromatic carbocycles. The molecule has 1 fully saturated rings. The Labute approximate surface area is 157 Å². The third-order valence-corrected chi connectivity index (χ3v) is 5.17. The van der Waals surface area contributed by atoms with Crippen molar-refractivity contribution in [1.29, 1.82) is 0 Å². The minimum atomic E-state index is -0.300. The van der Waals surface area contributed by atoms with Gasteiger partial charge in [0, 0.05) is 24.1 Å². The van der Waals surface area contributed by atoms with E-state index in [0.717, 1.165) is 29.3 Å². The molecule has 0 spiro atoms. The average molecular weight is 365 g/mol. The van der Waals surface area contributed by atoms with E-state index in [0.29, 0.717) is 18.6 Å². The number of benzene rings is 1. The second-order valence-corrected chi connectivity index (χ2v) is 7.23. The Balaban J connectivity index is 1.59. The summed E-state index contributed by atoms with van der Waals surface area (Å²) in [4.78, 5) is 17.2. The highest BCUT2D eigenvalue weighted by Crippen LogP contribution is 2.38. The van der Waals surface area contributed by atoms with Gasteiger partial charge >= 0.3 is 0 Å². The number of nitrogens with one attached hydrogen (secondary N) is 1. The predicted molar refractivity (Wildman–Crippen MR) is 101 cm³/mol. The van der Waals surface area contributed by atoms with Crippen LogP contribution in [-0.2, 0) is 6.42 Å². The van der Waals surface area contributed by atoms with E-state index in [4.69, 9.17) is 4.52 Å². The summed E-state index contributed by atoms with van der Waals surface area (Å²) in [6.07, 6.45) is 4.53. The number of rotatable bonds is 6. The quantitative estimate of drug-likeness (QED) is 0.699. The number of aromatic nitrogens is 2. The maximum atomic E-state index is 12.7. The summed E-state index contributed by atoms with van der Waals surface area (Å²) in [5, 5.41) is 17.7. The van der Waals surface area contributed by atoms with Crippen LogP contribution in [0.25, 0.3) is 10.9 Å². The topological polar surface area (TPSA) is 88.2 Å². The molecule has 4 rings (SSSR count). The smallest absolute Gasteiger partial charge is 0.273 e. The number of carbonyl (C=O) groups is 1. The maximum absolute atomic E-state index is 12.7. The van der Waals surface area contributed by atoms with Crippen LogP contribution < -0.4 is 5.32 Å². The molecular formula is C21H23N3O3. The van der Waals surface area contributed by atoms with Gasteiger partial charge in [0.15, 0.2) is 5.69 Å².